The Balaban J connectivity index is 2.97. The molecule has 0 saturated heterocycles. The highest BCUT2D eigenvalue weighted by atomic mass is 79.9. The van der Waals surface area contributed by atoms with Gasteiger partial charge in [0.15, 0.2) is 0 Å². The minimum absolute atomic E-state index is 0.960. The van der Waals surface area contributed by atoms with Crippen LogP contribution in [0.25, 0.3) is 0 Å². The van der Waals surface area contributed by atoms with Crippen molar-refractivity contribution in [1.82, 2.24) is 4.90 Å². The van der Waals surface area contributed by atoms with Crippen LogP contribution in [-0.4, -0.2) is 22.3 Å². The summed E-state index contributed by atoms with van der Waals surface area (Å²) in [6.45, 7) is 15.1. The normalized spacial score (nSPS) is 10.8. The van der Waals surface area contributed by atoms with E-state index in [9.17, 15) is 0 Å². The van der Waals surface area contributed by atoms with Crippen molar-refractivity contribution in [1.29, 1.82) is 0 Å². The van der Waals surface area contributed by atoms with E-state index in [0.29, 0.717) is 0 Å². The second kappa shape index (κ2) is 7.81. The Morgan fingerprint density at radius 3 is 1.85 bits per heavy atom. The van der Waals surface area contributed by atoms with Crippen molar-refractivity contribution in [2.75, 3.05) is 13.1 Å². The third-order valence-electron chi connectivity index (χ3n) is 4.05. The van der Waals surface area contributed by atoms with E-state index >= 15 is 0 Å². The Kier molecular flexibility index (Phi) is 7.02. The Morgan fingerprint density at radius 1 is 1.00 bits per heavy atom. The molecule has 0 heterocycles. The molecule has 4 heteroatoms. The molecule has 1 aromatic carbocycles. The van der Waals surface area contributed by atoms with Gasteiger partial charge in [0, 0.05) is 23.3 Å². The molecule has 0 aliphatic rings. The number of halogens is 1. The van der Waals surface area contributed by atoms with E-state index < -0.39 is 0 Å². The van der Waals surface area contributed by atoms with E-state index in [2.05, 4.69) is 62.4 Å². The lowest BCUT2D eigenvalue weighted by molar-refractivity contribution is 0.482. The molecular formula is C16H24BrNS2. The lowest BCUT2D eigenvalue weighted by atomic mass is 9.95. The van der Waals surface area contributed by atoms with E-state index in [4.69, 9.17) is 12.2 Å². The fourth-order valence-corrected chi connectivity index (χ4v) is 4.44. The van der Waals surface area contributed by atoms with Gasteiger partial charge in [0.2, 0.25) is 0 Å². The monoisotopic (exact) mass is 373 g/mol. The summed E-state index contributed by atoms with van der Waals surface area (Å²) < 4.78 is 2.25. The van der Waals surface area contributed by atoms with Crippen LogP contribution < -0.4 is 0 Å². The summed E-state index contributed by atoms with van der Waals surface area (Å²) in [6.07, 6.45) is 0. The van der Waals surface area contributed by atoms with Gasteiger partial charge in [-0.15, -0.1) is 0 Å². The second-order valence-electron chi connectivity index (χ2n) is 5.02. The summed E-state index contributed by atoms with van der Waals surface area (Å²) in [5, 5.41) is 0. The average Bonchev–Trinajstić information content (AvgIpc) is 2.44. The van der Waals surface area contributed by atoms with Crippen molar-refractivity contribution in [2.24, 2.45) is 0 Å². The number of nitrogens with zero attached hydrogens (tertiary/aromatic N) is 1. The molecule has 0 bridgehead atoms. The number of hydrogen-bond acceptors (Lipinski definition) is 2. The number of hydrogen-bond donors (Lipinski definition) is 0. The number of thiocarbonyl (C=S) groups is 1. The maximum absolute atomic E-state index is 5.53. The van der Waals surface area contributed by atoms with Crippen LogP contribution in [0, 0.1) is 27.7 Å². The molecule has 0 fully saturated rings. The number of rotatable bonds is 4. The molecule has 1 aromatic rings. The molecule has 0 N–H and O–H groups in total. The Morgan fingerprint density at radius 2 is 1.45 bits per heavy atom. The van der Waals surface area contributed by atoms with Crippen molar-refractivity contribution < 1.29 is 0 Å². The van der Waals surface area contributed by atoms with Crippen LogP contribution in [0.4, 0.5) is 0 Å². The standard InChI is InChI=1S/C16H24BrNS2/c1-7-18(8-2)16(19)20-9-14-10(3)12(5)15(17)13(6)11(14)4/h7-9H2,1-6H3. The topological polar surface area (TPSA) is 3.24 Å². The maximum Gasteiger partial charge on any atom is 0.136 e. The zero-order valence-electron chi connectivity index (χ0n) is 13.3. The molecule has 112 valence electrons. The van der Waals surface area contributed by atoms with Crippen LogP contribution in [0.15, 0.2) is 4.47 Å². The first-order valence-corrected chi connectivity index (χ1v) is 9.20. The molecule has 0 unspecified atom stereocenters. The molecule has 0 spiro atoms. The van der Waals surface area contributed by atoms with Crippen LogP contribution in [0.2, 0.25) is 0 Å². The predicted octanol–water partition coefficient (Wildman–Crippen LogP) is 5.54. The van der Waals surface area contributed by atoms with Crippen molar-refractivity contribution in [2.45, 2.75) is 47.3 Å². The van der Waals surface area contributed by atoms with Gasteiger partial charge in [-0.3, -0.25) is 0 Å². The lowest BCUT2D eigenvalue weighted by Crippen LogP contribution is -2.26. The third kappa shape index (κ3) is 3.77. The molecule has 1 nitrogen and oxygen atoms in total. The highest BCUT2D eigenvalue weighted by Gasteiger charge is 2.14. The van der Waals surface area contributed by atoms with Gasteiger partial charge in [-0.05, 0) is 69.4 Å². The Bertz CT molecular complexity index is 479. The molecule has 0 atom stereocenters. The van der Waals surface area contributed by atoms with E-state index in [1.54, 1.807) is 11.8 Å². The van der Waals surface area contributed by atoms with Crippen molar-refractivity contribution in [3.63, 3.8) is 0 Å². The quantitative estimate of drug-likeness (QED) is 0.637. The van der Waals surface area contributed by atoms with Crippen LogP contribution in [-0.2, 0) is 5.75 Å². The maximum atomic E-state index is 5.53. The van der Waals surface area contributed by atoms with Gasteiger partial charge in [-0.2, -0.15) is 0 Å². The minimum atomic E-state index is 0.960. The zero-order chi connectivity index (χ0) is 15.4. The van der Waals surface area contributed by atoms with Crippen LogP contribution in [0.3, 0.4) is 0 Å². The van der Waals surface area contributed by atoms with Gasteiger partial charge in [-0.1, -0.05) is 39.9 Å². The van der Waals surface area contributed by atoms with E-state index in [-0.39, 0.29) is 0 Å². The highest BCUT2D eigenvalue weighted by molar-refractivity contribution is 9.10. The zero-order valence-corrected chi connectivity index (χ0v) is 16.5. The molecule has 0 radical (unpaired) electrons. The molecule has 20 heavy (non-hydrogen) atoms. The molecular weight excluding hydrogens is 350 g/mol. The molecule has 0 amide bonds. The molecule has 0 aliphatic heterocycles. The van der Waals surface area contributed by atoms with Crippen molar-refractivity contribution >= 4 is 44.2 Å². The van der Waals surface area contributed by atoms with Crippen LogP contribution >= 0.6 is 39.9 Å². The van der Waals surface area contributed by atoms with E-state index in [1.165, 1.54) is 32.3 Å². The van der Waals surface area contributed by atoms with Gasteiger partial charge >= 0.3 is 0 Å². The van der Waals surface area contributed by atoms with Crippen LogP contribution in [0.5, 0.6) is 0 Å². The van der Waals surface area contributed by atoms with Gasteiger partial charge < -0.3 is 4.90 Å². The molecule has 0 aliphatic carbocycles. The second-order valence-corrected chi connectivity index (χ2v) is 7.42. The first kappa shape index (κ1) is 18.0. The van der Waals surface area contributed by atoms with Gasteiger partial charge in [0.05, 0.1) is 0 Å². The molecule has 0 aromatic heterocycles. The van der Waals surface area contributed by atoms with E-state index in [0.717, 1.165) is 23.2 Å². The first-order valence-electron chi connectivity index (χ1n) is 7.01. The van der Waals surface area contributed by atoms with Crippen molar-refractivity contribution in [3.8, 4) is 0 Å². The average molecular weight is 374 g/mol. The highest BCUT2D eigenvalue weighted by Crippen LogP contribution is 2.33. The Labute approximate surface area is 141 Å². The molecule has 1 rings (SSSR count). The first-order chi connectivity index (χ1) is 9.34. The molecule has 0 saturated carbocycles. The fourth-order valence-electron chi connectivity index (χ4n) is 2.27. The summed E-state index contributed by atoms with van der Waals surface area (Å²) in [6, 6.07) is 0. The summed E-state index contributed by atoms with van der Waals surface area (Å²) in [4.78, 5) is 2.24. The smallest absolute Gasteiger partial charge is 0.136 e. The summed E-state index contributed by atoms with van der Waals surface area (Å²) >= 11 is 11.0. The summed E-state index contributed by atoms with van der Waals surface area (Å²) in [5.41, 5.74) is 6.89. The third-order valence-corrected chi connectivity index (χ3v) is 6.79. The van der Waals surface area contributed by atoms with Crippen LogP contribution in [0.1, 0.15) is 41.7 Å². The fraction of sp³-hybridized carbons (Fsp3) is 0.562. The summed E-state index contributed by atoms with van der Waals surface area (Å²) in [7, 11) is 0. The van der Waals surface area contributed by atoms with Gasteiger partial charge in [0.1, 0.15) is 4.32 Å². The number of thioether (sulfide) groups is 1. The van der Waals surface area contributed by atoms with E-state index in [1.807, 2.05) is 0 Å². The number of benzene rings is 1. The summed E-state index contributed by atoms with van der Waals surface area (Å²) in [5.74, 6) is 0.960. The Hall–Kier alpha value is -0.0600. The van der Waals surface area contributed by atoms with Gasteiger partial charge in [-0.25, -0.2) is 0 Å². The SMILES string of the molecule is CCN(CC)C(=S)SCc1c(C)c(C)c(Br)c(C)c1C. The minimum Gasteiger partial charge on any atom is -0.358 e. The lowest BCUT2D eigenvalue weighted by Gasteiger charge is -2.22. The van der Waals surface area contributed by atoms with Crippen molar-refractivity contribution in [3.05, 3.63) is 32.3 Å². The predicted molar refractivity (Wildman–Crippen MR) is 99.9 cm³/mol. The van der Waals surface area contributed by atoms with Gasteiger partial charge in [0.25, 0.3) is 0 Å². The largest absolute Gasteiger partial charge is 0.358 e.